The minimum Gasteiger partial charge on any atom is -0.336 e. The maximum absolute atomic E-state index is 13.2. The van der Waals surface area contributed by atoms with Gasteiger partial charge in [-0.05, 0) is 25.1 Å². The predicted octanol–water partition coefficient (Wildman–Crippen LogP) is 3.61. The van der Waals surface area contributed by atoms with E-state index in [4.69, 9.17) is 4.52 Å². The number of pyridine rings is 2. The molecule has 3 aromatic rings. The molecule has 0 saturated heterocycles. The van der Waals surface area contributed by atoms with Crippen LogP contribution in [0.2, 0.25) is 0 Å². The summed E-state index contributed by atoms with van der Waals surface area (Å²) in [4.78, 5) is 7.94. The third kappa shape index (κ3) is 2.01. The molecular formula is C13H8F3N3O. The lowest BCUT2D eigenvalue weighted by Gasteiger charge is -2.09. The van der Waals surface area contributed by atoms with Crippen molar-refractivity contribution in [3.63, 3.8) is 0 Å². The molecule has 3 heterocycles. The summed E-state index contributed by atoms with van der Waals surface area (Å²) in [5.41, 5.74) is -0.142. The van der Waals surface area contributed by atoms with E-state index >= 15 is 0 Å². The lowest BCUT2D eigenvalue weighted by atomic mass is 10.1. The van der Waals surface area contributed by atoms with E-state index < -0.39 is 11.7 Å². The number of nitrogens with zero attached hydrogens (tertiary/aromatic N) is 3. The molecule has 3 aromatic heterocycles. The molecule has 0 amide bonds. The fourth-order valence-electron chi connectivity index (χ4n) is 1.98. The SMILES string of the molecule is Cc1noc2nc(-c3cccnc3)cc(C(F)(F)F)c12. The van der Waals surface area contributed by atoms with E-state index in [0.29, 0.717) is 5.56 Å². The smallest absolute Gasteiger partial charge is 0.336 e. The van der Waals surface area contributed by atoms with Gasteiger partial charge in [0.2, 0.25) is 0 Å². The average molecular weight is 279 g/mol. The van der Waals surface area contributed by atoms with E-state index in [0.717, 1.165) is 6.07 Å². The lowest BCUT2D eigenvalue weighted by molar-refractivity contribution is -0.136. The van der Waals surface area contributed by atoms with E-state index in [1.807, 2.05) is 0 Å². The highest BCUT2D eigenvalue weighted by Gasteiger charge is 2.35. The summed E-state index contributed by atoms with van der Waals surface area (Å²) in [6.07, 6.45) is -1.53. The molecule has 3 rings (SSSR count). The first kappa shape index (κ1) is 12.6. The Morgan fingerprint density at radius 1 is 1.25 bits per heavy atom. The second-order valence-corrected chi connectivity index (χ2v) is 4.24. The number of hydrogen-bond donors (Lipinski definition) is 0. The van der Waals surface area contributed by atoms with Gasteiger partial charge in [0.15, 0.2) is 0 Å². The van der Waals surface area contributed by atoms with E-state index in [1.165, 1.54) is 19.3 Å². The van der Waals surface area contributed by atoms with E-state index in [-0.39, 0.29) is 22.5 Å². The molecule has 0 aromatic carbocycles. The van der Waals surface area contributed by atoms with Crippen LogP contribution in [0.3, 0.4) is 0 Å². The molecule has 0 aliphatic heterocycles. The van der Waals surface area contributed by atoms with Crippen LogP contribution in [0.4, 0.5) is 13.2 Å². The Morgan fingerprint density at radius 2 is 2.05 bits per heavy atom. The normalized spacial score (nSPS) is 12.0. The molecule has 102 valence electrons. The fourth-order valence-corrected chi connectivity index (χ4v) is 1.98. The van der Waals surface area contributed by atoms with Gasteiger partial charge in [0.05, 0.1) is 22.3 Å². The van der Waals surface area contributed by atoms with Crippen molar-refractivity contribution >= 4 is 11.1 Å². The Kier molecular flexibility index (Phi) is 2.70. The minimum absolute atomic E-state index is 0.106. The van der Waals surface area contributed by atoms with Gasteiger partial charge >= 0.3 is 6.18 Å². The van der Waals surface area contributed by atoms with Crippen LogP contribution in [0, 0.1) is 6.92 Å². The first-order valence-electron chi connectivity index (χ1n) is 5.71. The van der Waals surface area contributed by atoms with Crippen LogP contribution in [-0.4, -0.2) is 15.1 Å². The number of aromatic nitrogens is 3. The standard InChI is InChI=1S/C13H8F3N3O/c1-7-11-9(13(14,15)16)5-10(18-12(11)20-19-7)8-3-2-4-17-6-8/h2-6H,1H3. The molecule has 0 unspecified atom stereocenters. The Labute approximate surface area is 111 Å². The quantitative estimate of drug-likeness (QED) is 0.682. The molecule has 0 bridgehead atoms. The topological polar surface area (TPSA) is 51.8 Å². The highest BCUT2D eigenvalue weighted by molar-refractivity contribution is 5.83. The van der Waals surface area contributed by atoms with Crippen LogP contribution in [0.1, 0.15) is 11.3 Å². The first-order chi connectivity index (χ1) is 9.47. The Balaban J connectivity index is 2.32. The fraction of sp³-hybridized carbons (Fsp3) is 0.154. The largest absolute Gasteiger partial charge is 0.417 e. The van der Waals surface area contributed by atoms with Crippen LogP contribution in [0.15, 0.2) is 35.1 Å². The molecule has 0 saturated carbocycles. The summed E-state index contributed by atoms with van der Waals surface area (Å²) in [5, 5.41) is 3.45. The van der Waals surface area contributed by atoms with Crippen molar-refractivity contribution in [3.8, 4) is 11.3 Å². The van der Waals surface area contributed by atoms with Gasteiger partial charge in [-0.25, -0.2) is 4.98 Å². The number of hydrogen-bond acceptors (Lipinski definition) is 4. The van der Waals surface area contributed by atoms with Crippen LogP contribution in [-0.2, 0) is 6.18 Å². The minimum atomic E-state index is -4.51. The van der Waals surface area contributed by atoms with E-state index in [9.17, 15) is 13.2 Å². The van der Waals surface area contributed by atoms with Crippen LogP contribution < -0.4 is 0 Å². The zero-order chi connectivity index (χ0) is 14.3. The number of fused-ring (bicyclic) bond motifs is 1. The molecule has 0 atom stereocenters. The number of halogens is 3. The van der Waals surface area contributed by atoms with Crippen molar-refractivity contribution in [3.05, 3.63) is 41.9 Å². The van der Waals surface area contributed by atoms with Gasteiger partial charge in [0, 0.05) is 18.0 Å². The monoisotopic (exact) mass is 279 g/mol. The van der Waals surface area contributed by atoms with Gasteiger partial charge in [-0.2, -0.15) is 13.2 Å². The van der Waals surface area contributed by atoms with Gasteiger partial charge in [-0.1, -0.05) is 5.16 Å². The number of alkyl halides is 3. The molecule has 0 spiro atoms. The second-order valence-electron chi connectivity index (χ2n) is 4.24. The zero-order valence-corrected chi connectivity index (χ0v) is 10.3. The molecular weight excluding hydrogens is 271 g/mol. The summed E-state index contributed by atoms with van der Waals surface area (Å²) in [5.74, 6) is 0. The van der Waals surface area contributed by atoms with Crippen molar-refractivity contribution in [1.29, 1.82) is 0 Å². The van der Waals surface area contributed by atoms with E-state index in [1.54, 1.807) is 12.1 Å². The van der Waals surface area contributed by atoms with Crippen molar-refractivity contribution in [2.24, 2.45) is 0 Å². The molecule has 0 N–H and O–H groups in total. The molecule has 4 nitrogen and oxygen atoms in total. The summed E-state index contributed by atoms with van der Waals surface area (Å²) in [6, 6.07) is 4.24. The molecule has 0 fully saturated rings. The third-order valence-corrected chi connectivity index (χ3v) is 2.88. The molecule has 20 heavy (non-hydrogen) atoms. The zero-order valence-electron chi connectivity index (χ0n) is 10.3. The van der Waals surface area contributed by atoms with Crippen molar-refractivity contribution in [2.45, 2.75) is 13.1 Å². The van der Waals surface area contributed by atoms with Crippen LogP contribution >= 0.6 is 0 Å². The average Bonchev–Trinajstić information content (AvgIpc) is 2.79. The summed E-state index contributed by atoms with van der Waals surface area (Å²) in [7, 11) is 0. The lowest BCUT2D eigenvalue weighted by Crippen LogP contribution is -2.07. The summed E-state index contributed by atoms with van der Waals surface area (Å²) < 4.78 is 44.3. The van der Waals surface area contributed by atoms with Crippen molar-refractivity contribution < 1.29 is 17.7 Å². The van der Waals surface area contributed by atoms with Crippen LogP contribution in [0.25, 0.3) is 22.4 Å². The highest BCUT2D eigenvalue weighted by atomic mass is 19.4. The van der Waals surface area contributed by atoms with Crippen LogP contribution in [0.5, 0.6) is 0 Å². The van der Waals surface area contributed by atoms with Crippen molar-refractivity contribution in [1.82, 2.24) is 15.1 Å². The maximum atomic E-state index is 13.2. The highest BCUT2D eigenvalue weighted by Crippen LogP contribution is 2.37. The molecule has 0 aliphatic rings. The first-order valence-corrected chi connectivity index (χ1v) is 5.71. The Hall–Kier alpha value is -2.44. The summed E-state index contributed by atoms with van der Waals surface area (Å²) >= 11 is 0. The van der Waals surface area contributed by atoms with Crippen molar-refractivity contribution in [2.75, 3.05) is 0 Å². The summed E-state index contributed by atoms with van der Waals surface area (Å²) in [6.45, 7) is 1.45. The third-order valence-electron chi connectivity index (χ3n) is 2.88. The number of aryl methyl sites for hydroxylation is 1. The Bertz CT molecular complexity index is 766. The van der Waals surface area contributed by atoms with E-state index in [2.05, 4.69) is 15.1 Å². The van der Waals surface area contributed by atoms with Gasteiger partial charge in [0.1, 0.15) is 0 Å². The molecule has 7 heteroatoms. The molecule has 0 radical (unpaired) electrons. The second kappa shape index (κ2) is 4.29. The molecule has 0 aliphatic carbocycles. The number of rotatable bonds is 1. The van der Waals surface area contributed by atoms with Gasteiger partial charge in [0.25, 0.3) is 5.71 Å². The maximum Gasteiger partial charge on any atom is 0.417 e. The van der Waals surface area contributed by atoms with Gasteiger partial charge < -0.3 is 4.52 Å². The predicted molar refractivity (Wildman–Crippen MR) is 64.8 cm³/mol. The van der Waals surface area contributed by atoms with Gasteiger partial charge in [-0.3, -0.25) is 4.98 Å². The van der Waals surface area contributed by atoms with Gasteiger partial charge in [-0.15, -0.1) is 0 Å². The Morgan fingerprint density at radius 3 is 2.70 bits per heavy atom.